The summed E-state index contributed by atoms with van der Waals surface area (Å²) in [6, 6.07) is 3.34. The Balaban J connectivity index is 1.54. The molecule has 1 aliphatic heterocycles. The van der Waals surface area contributed by atoms with Crippen LogP contribution in [-0.2, 0) is 21.2 Å². The molecular formula is C16H21N3O4S2. The SMILES string of the molecule is Cc1noc(C)c1CCC(=O)N1CCN(S(=O)(=O)c2cccs2)CC1. The zero-order valence-corrected chi connectivity index (χ0v) is 15.9. The van der Waals surface area contributed by atoms with E-state index in [0.717, 1.165) is 17.0 Å². The highest BCUT2D eigenvalue weighted by Crippen LogP contribution is 2.22. The van der Waals surface area contributed by atoms with Gasteiger partial charge < -0.3 is 9.42 Å². The number of hydrogen-bond acceptors (Lipinski definition) is 6. The van der Waals surface area contributed by atoms with Crippen molar-refractivity contribution >= 4 is 27.3 Å². The van der Waals surface area contributed by atoms with Crippen molar-refractivity contribution in [3.8, 4) is 0 Å². The molecule has 25 heavy (non-hydrogen) atoms. The van der Waals surface area contributed by atoms with E-state index in [-0.39, 0.29) is 5.91 Å². The third-order valence-corrected chi connectivity index (χ3v) is 7.72. The maximum Gasteiger partial charge on any atom is 0.252 e. The summed E-state index contributed by atoms with van der Waals surface area (Å²) >= 11 is 1.21. The fourth-order valence-electron chi connectivity index (χ4n) is 2.96. The van der Waals surface area contributed by atoms with Crippen LogP contribution in [0.2, 0.25) is 0 Å². The fraction of sp³-hybridized carbons (Fsp3) is 0.500. The van der Waals surface area contributed by atoms with Crippen LogP contribution in [-0.4, -0.2) is 54.9 Å². The van der Waals surface area contributed by atoms with Crippen molar-refractivity contribution in [2.75, 3.05) is 26.2 Å². The van der Waals surface area contributed by atoms with Gasteiger partial charge >= 0.3 is 0 Å². The Morgan fingerprint density at radius 2 is 2.00 bits per heavy atom. The van der Waals surface area contributed by atoms with Gasteiger partial charge in [-0.2, -0.15) is 4.31 Å². The van der Waals surface area contributed by atoms with E-state index in [1.807, 2.05) is 13.8 Å². The molecule has 0 saturated carbocycles. The third kappa shape index (κ3) is 3.78. The van der Waals surface area contributed by atoms with Gasteiger partial charge in [0.25, 0.3) is 10.0 Å². The molecule has 9 heteroatoms. The second kappa shape index (κ2) is 7.27. The van der Waals surface area contributed by atoms with Gasteiger partial charge in [0, 0.05) is 38.2 Å². The van der Waals surface area contributed by atoms with Crippen LogP contribution in [0.15, 0.2) is 26.2 Å². The van der Waals surface area contributed by atoms with E-state index < -0.39 is 10.0 Å². The molecule has 1 saturated heterocycles. The third-order valence-electron chi connectivity index (χ3n) is 4.45. The molecule has 1 amide bonds. The van der Waals surface area contributed by atoms with Crippen LogP contribution in [0.25, 0.3) is 0 Å². The quantitative estimate of drug-likeness (QED) is 0.786. The number of rotatable bonds is 5. The van der Waals surface area contributed by atoms with Gasteiger partial charge in [-0.3, -0.25) is 4.79 Å². The molecule has 1 fully saturated rings. The summed E-state index contributed by atoms with van der Waals surface area (Å²) in [7, 11) is -3.43. The highest BCUT2D eigenvalue weighted by atomic mass is 32.2. The average molecular weight is 383 g/mol. The van der Waals surface area contributed by atoms with Crippen LogP contribution >= 0.6 is 11.3 Å². The number of carbonyl (C=O) groups is 1. The Bertz CT molecular complexity index is 815. The van der Waals surface area contributed by atoms with Crippen molar-refractivity contribution in [2.45, 2.75) is 30.9 Å². The van der Waals surface area contributed by atoms with E-state index in [1.165, 1.54) is 15.6 Å². The number of carbonyl (C=O) groups excluding carboxylic acids is 1. The minimum atomic E-state index is -3.43. The van der Waals surface area contributed by atoms with Gasteiger partial charge in [-0.1, -0.05) is 11.2 Å². The second-order valence-corrected chi connectivity index (χ2v) is 9.13. The van der Waals surface area contributed by atoms with Crippen LogP contribution in [0.3, 0.4) is 0 Å². The molecule has 3 heterocycles. The van der Waals surface area contributed by atoms with Crippen molar-refractivity contribution in [2.24, 2.45) is 0 Å². The van der Waals surface area contributed by atoms with Crippen LogP contribution < -0.4 is 0 Å². The lowest BCUT2D eigenvalue weighted by Crippen LogP contribution is -2.50. The number of piperazine rings is 1. The number of hydrogen-bond donors (Lipinski definition) is 0. The van der Waals surface area contributed by atoms with Crippen molar-refractivity contribution in [1.82, 2.24) is 14.4 Å². The Morgan fingerprint density at radius 3 is 2.56 bits per heavy atom. The Labute approximate surface area is 151 Å². The van der Waals surface area contributed by atoms with E-state index in [2.05, 4.69) is 5.16 Å². The molecule has 1 aliphatic rings. The fourth-order valence-corrected chi connectivity index (χ4v) is 5.53. The second-order valence-electron chi connectivity index (χ2n) is 6.02. The highest BCUT2D eigenvalue weighted by Gasteiger charge is 2.30. The zero-order valence-electron chi connectivity index (χ0n) is 14.3. The van der Waals surface area contributed by atoms with Gasteiger partial charge in [0.05, 0.1) is 5.69 Å². The van der Waals surface area contributed by atoms with E-state index in [0.29, 0.717) is 43.2 Å². The van der Waals surface area contributed by atoms with Gasteiger partial charge in [0.15, 0.2) is 0 Å². The lowest BCUT2D eigenvalue weighted by Gasteiger charge is -2.33. The molecule has 2 aromatic heterocycles. The van der Waals surface area contributed by atoms with Crippen LogP contribution in [0.1, 0.15) is 23.4 Å². The first-order valence-corrected chi connectivity index (χ1v) is 10.4. The van der Waals surface area contributed by atoms with E-state index in [1.54, 1.807) is 22.4 Å². The molecule has 0 aliphatic carbocycles. The standard InChI is InChI=1S/C16H21N3O4S2/c1-12-14(13(2)23-17-12)5-6-15(20)18-7-9-19(10-8-18)25(21,22)16-4-3-11-24-16/h3-4,11H,5-10H2,1-2H3. The largest absolute Gasteiger partial charge is 0.361 e. The van der Waals surface area contributed by atoms with Gasteiger partial charge in [0.2, 0.25) is 5.91 Å². The van der Waals surface area contributed by atoms with Crippen molar-refractivity contribution < 1.29 is 17.7 Å². The van der Waals surface area contributed by atoms with Crippen molar-refractivity contribution in [3.05, 3.63) is 34.5 Å². The molecule has 7 nitrogen and oxygen atoms in total. The van der Waals surface area contributed by atoms with Crippen LogP contribution in [0.5, 0.6) is 0 Å². The highest BCUT2D eigenvalue weighted by molar-refractivity contribution is 7.91. The van der Waals surface area contributed by atoms with Gasteiger partial charge in [0.1, 0.15) is 9.97 Å². The maximum absolute atomic E-state index is 12.5. The monoisotopic (exact) mass is 383 g/mol. The lowest BCUT2D eigenvalue weighted by molar-refractivity contribution is -0.132. The molecule has 0 atom stereocenters. The van der Waals surface area contributed by atoms with E-state index in [4.69, 9.17) is 4.52 Å². The number of thiophene rings is 1. The first-order valence-electron chi connectivity index (χ1n) is 8.13. The number of aryl methyl sites for hydroxylation is 2. The molecule has 2 aromatic rings. The molecule has 0 spiro atoms. The first kappa shape index (κ1) is 18.1. The van der Waals surface area contributed by atoms with Gasteiger partial charge in [-0.25, -0.2) is 8.42 Å². The van der Waals surface area contributed by atoms with Crippen LogP contribution in [0.4, 0.5) is 0 Å². The Kier molecular flexibility index (Phi) is 5.26. The van der Waals surface area contributed by atoms with E-state index >= 15 is 0 Å². The molecule has 0 aromatic carbocycles. The number of nitrogens with zero attached hydrogens (tertiary/aromatic N) is 3. The van der Waals surface area contributed by atoms with E-state index in [9.17, 15) is 13.2 Å². The molecule has 0 radical (unpaired) electrons. The smallest absolute Gasteiger partial charge is 0.252 e. The summed E-state index contributed by atoms with van der Waals surface area (Å²) in [5.41, 5.74) is 1.80. The minimum absolute atomic E-state index is 0.0353. The predicted molar refractivity (Wildman–Crippen MR) is 94.0 cm³/mol. The number of aromatic nitrogens is 1. The van der Waals surface area contributed by atoms with Crippen molar-refractivity contribution in [3.63, 3.8) is 0 Å². The lowest BCUT2D eigenvalue weighted by atomic mass is 10.1. The maximum atomic E-state index is 12.5. The average Bonchev–Trinajstić information content (AvgIpc) is 3.24. The van der Waals surface area contributed by atoms with Gasteiger partial charge in [-0.05, 0) is 31.7 Å². The predicted octanol–water partition coefficient (Wildman–Crippen LogP) is 1.82. The molecule has 0 N–H and O–H groups in total. The molecule has 0 bridgehead atoms. The molecule has 3 rings (SSSR count). The normalized spacial score (nSPS) is 16.3. The number of amides is 1. The zero-order chi connectivity index (χ0) is 18.0. The summed E-state index contributed by atoms with van der Waals surface area (Å²) in [6.07, 6.45) is 0.967. The summed E-state index contributed by atoms with van der Waals surface area (Å²) in [5, 5.41) is 5.65. The summed E-state index contributed by atoms with van der Waals surface area (Å²) < 4.78 is 31.9. The Hall–Kier alpha value is -1.71. The topological polar surface area (TPSA) is 83.7 Å². The Morgan fingerprint density at radius 1 is 1.28 bits per heavy atom. The summed E-state index contributed by atoms with van der Waals surface area (Å²) in [4.78, 5) is 14.1. The molecule has 136 valence electrons. The molecular weight excluding hydrogens is 362 g/mol. The van der Waals surface area contributed by atoms with Crippen LogP contribution in [0, 0.1) is 13.8 Å². The van der Waals surface area contributed by atoms with Crippen molar-refractivity contribution in [1.29, 1.82) is 0 Å². The molecule has 0 unspecified atom stereocenters. The first-order chi connectivity index (χ1) is 11.9. The summed E-state index contributed by atoms with van der Waals surface area (Å²) in [5.74, 6) is 0.783. The number of sulfonamides is 1. The minimum Gasteiger partial charge on any atom is -0.361 e. The summed E-state index contributed by atoms with van der Waals surface area (Å²) in [6.45, 7) is 5.21. The van der Waals surface area contributed by atoms with Gasteiger partial charge in [-0.15, -0.1) is 11.3 Å².